The predicted molar refractivity (Wildman–Crippen MR) is 75.0 cm³/mol. The minimum Gasteiger partial charge on any atom is -0.491 e. The molecule has 0 saturated carbocycles. The van der Waals surface area contributed by atoms with Crippen LogP contribution in [0.4, 0.5) is 0 Å². The fraction of sp³-hybridized carbons (Fsp3) is 0.538. The Balaban J connectivity index is 2.93. The fourth-order valence-corrected chi connectivity index (χ4v) is 2.32. The molecular weight excluding hydrogens is 266 g/mol. The van der Waals surface area contributed by atoms with E-state index < -0.39 is 21.1 Å². The molecule has 0 spiro atoms. The molecule has 1 aromatic rings. The van der Waals surface area contributed by atoms with Crippen molar-refractivity contribution in [2.45, 2.75) is 18.2 Å². The van der Waals surface area contributed by atoms with Gasteiger partial charge in [-0.25, -0.2) is 8.42 Å². The summed E-state index contributed by atoms with van der Waals surface area (Å²) in [6, 6.07) is 6.58. The molecule has 0 aliphatic heterocycles. The summed E-state index contributed by atoms with van der Waals surface area (Å²) in [4.78, 5) is 0. The van der Waals surface area contributed by atoms with Gasteiger partial charge >= 0.3 is 0 Å². The van der Waals surface area contributed by atoms with Crippen LogP contribution in [0.1, 0.15) is 18.5 Å². The Hall–Kier alpha value is -1.11. The maximum absolute atomic E-state index is 11.6. The summed E-state index contributed by atoms with van der Waals surface area (Å²) in [5.74, 6) is 0.600. The zero-order chi connectivity index (χ0) is 14.5. The zero-order valence-corrected chi connectivity index (χ0v) is 12.3. The van der Waals surface area contributed by atoms with Crippen molar-refractivity contribution in [2.24, 2.45) is 5.73 Å². The van der Waals surface area contributed by atoms with E-state index in [1.165, 1.54) is 6.26 Å². The van der Waals surface area contributed by atoms with Gasteiger partial charge in [0.05, 0.1) is 11.9 Å². The highest BCUT2D eigenvalue weighted by Gasteiger charge is 2.26. The lowest BCUT2D eigenvalue weighted by molar-refractivity contribution is 0.145. The minimum absolute atomic E-state index is 0.396. The number of nitrogens with two attached hydrogens (primary N) is 1. The summed E-state index contributed by atoms with van der Waals surface area (Å²) in [6.45, 7) is 2.46. The van der Waals surface area contributed by atoms with Gasteiger partial charge in [0.2, 0.25) is 0 Å². The number of benzene rings is 1. The van der Waals surface area contributed by atoms with Gasteiger partial charge in [-0.3, -0.25) is 0 Å². The lowest BCUT2D eigenvalue weighted by Gasteiger charge is -2.21. The van der Waals surface area contributed by atoms with Crippen LogP contribution in [0.25, 0.3) is 0 Å². The van der Waals surface area contributed by atoms with Gasteiger partial charge in [-0.05, 0) is 13.0 Å². The molecule has 0 fully saturated rings. The van der Waals surface area contributed by atoms with Crippen molar-refractivity contribution >= 4 is 9.84 Å². The van der Waals surface area contributed by atoms with E-state index >= 15 is 0 Å². The van der Waals surface area contributed by atoms with E-state index in [-0.39, 0.29) is 0 Å². The first-order valence-electron chi connectivity index (χ1n) is 6.03. The highest BCUT2D eigenvalue weighted by molar-refractivity contribution is 7.91. The number of ether oxygens (including phenoxy) is 2. The second kappa shape index (κ2) is 6.88. The largest absolute Gasteiger partial charge is 0.491 e. The van der Waals surface area contributed by atoms with Crippen molar-refractivity contribution < 1.29 is 17.9 Å². The number of hydrogen-bond donors (Lipinski definition) is 1. The molecule has 2 unspecified atom stereocenters. The Morgan fingerprint density at radius 2 is 1.89 bits per heavy atom. The van der Waals surface area contributed by atoms with Gasteiger partial charge in [-0.1, -0.05) is 18.2 Å². The molecule has 19 heavy (non-hydrogen) atoms. The molecule has 0 heterocycles. The summed E-state index contributed by atoms with van der Waals surface area (Å²) < 4.78 is 33.6. The molecule has 2 N–H and O–H groups in total. The Kier molecular flexibility index (Phi) is 5.78. The molecule has 108 valence electrons. The molecule has 0 radical (unpaired) electrons. The molecule has 0 aliphatic carbocycles. The highest BCUT2D eigenvalue weighted by Crippen LogP contribution is 2.27. The van der Waals surface area contributed by atoms with Crippen LogP contribution in [0.15, 0.2) is 24.3 Å². The van der Waals surface area contributed by atoms with Crippen molar-refractivity contribution in [2.75, 3.05) is 26.6 Å². The molecule has 0 aliphatic rings. The fourth-order valence-electron chi connectivity index (χ4n) is 1.64. The van der Waals surface area contributed by atoms with E-state index in [4.69, 9.17) is 15.2 Å². The smallest absolute Gasteiger partial charge is 0.151 e. The van der Waals surface area contributed by atoms with E-state index in [0.717, 1.165) is 0 Å². The number of rotatable bonds is 7. The van der Waals surface area contributed by atoms with Crippen molar-refractivity contribution in [3.05, 3.63) is 29.8 Å². The summed E-state index contributed by atoms with van der Waals surface area (Å²) in [5, 5.41) is -0.667. The second-order valence-corrected chi connectivity index (χ2v) is 6.84. The summed E-state index contributed by atoms with van der Waals surface area (Å²) in [6.07, 6.45) is 1.19. The Morgan fingerprint density at radius 1 is 1.26 bits per heavy atom. The molecule has 0 aromatic heterocycles. The van der Waals surface area contributed by atoms with Gasteiger partial charge in [0.15, 0.2) is 9.84 Å². The van der Waals surface area contributed by atoms with Crippen LogP contribution in [0, 0.1) is 0 Å². The first-order valence-corrected chi connectivity index (χ1v) is 7.98. The monoisotopic (exact) mass is 287 g/mol. The average Bonchev–Trinajstić information content (AvgIpc) is 2.37. The summed E-state index contributed by atoms with van der Waals surface area (Å²) >= 11 is 0. The molecule has 0 bridgehead atoms. The van der Waals surface area contributed by atoms with E-state index in [0.29, 0.717) is 24.5 Å². The Labute approximate surface area is 114 Å². The van der Waals surface area contributed by atoms with Gasteiger partial charge < -0.3 is 15.2 Å². The number of methoxy groups -OCH3 is 1. The lowest BCUT2D eigenvalue weighted by Crippen LogP contribution is -2.30. The number of hydrogen-bond acceptors (Lipinski definition) is 5. The second-order valence-electron chi connectivity index (χ2n) is 4.44. The van der Waals surface area contributed by atoms with Crippen molar-refractivity contribution in [3.8, 4) is 5.75 Å². The van der Waals surface area contributed by atoms with Crippen molar-refractivity contribution in [1.82, 2.24) is 0 Å². The molecule has 5 nitrogen and oxygen atoms in total. The SMILES string of the molecule is COCCOc1ccccc1C(N)C(C)S(C)(=O)=O. The van der Waals surface area contributed by atoms with Crippen LogP contribution in [0.2, 0.25) is 0 Å². The number of sulfone groups is 1. The average molecular weight is 287 g/mol. The predicted octanol–water partition coefficient (Wildman–Crippen LogP) is 1.14. The van der Waals surface area contributed by atoms with Crippen LogP contribution in [-0.4, -0.2) is 40.2 Å². The third-order valence-corrected chi connectivity index (χ3v) is 4.65. The van der Waals surface area contributed by atoms with E-state index in [1.54, 1.807) is 26.2 Å². The third-order valence-electron chi connectivity index (χ3n) is 3.00. The van der Waals surface area contributed by atoms with Crippen molar-refractivity contribution in [3.63, 3.8) is 0 Å². The van der Waals surface area contributed by atoms with E-state index in [2.05, 4.69) is 0 Å². The summed E-state index contributed by atoms with van der Waals surface area (Å²) in [7, 11) is -1.61. The molecule has 2 atom stereocenters. The standard InChI is InChI=1S/C13H21NO4S/c1-10(19(3,15)16)13(14)11-6-4-5-7-12(11)18-9-8-17-2/h4-7,10,13H,8-9,14H2,1-3H3. The van der Waals surface area contributed by atoms with E-state index in [1.807, 2.05) is 12.1 Å². The molecular formula is C13H21NO4S. The quantitative estimate of drug-likeness (QED) is 0.761. The first-order chi connectivity index (χ1) is 8.88. The first kappa shape index (κ1) is 15.9. The maximum atomic E-state index is 11.6. The van der Waals surface area contributed by atoms with Crippen molar-refractivity contribution in [1.29, 1.82) is 0 Å². The molecule has 1 rings (SSSR count). The van der Waals surface area contributed by atoms with Crippen LogP contribution in [-0.2, 0) is 14.6 Å². The lowest BCUT2D eigenvalue weighted by atomic mass is 10.0. The number of para-hydroxylation sites is 1. The van der Waals surface area contributed by atoms with Crippen LogP contribution >= 0.6 is 0 Å². The van der Waals surface area contributed by atoms with Gasteiger partial charge in [0, 0.05) is 25.0 Å². The van der Waals surface area contributed by atoms with Gasteiger partial charge in [0.25, 0.3) is 0 Å². The van der Waals surface area contributed by atoms with Crippen LogP contribution in [0.5, 0.6) is 5.75 Å². The zero-order valence-electron chi connectivity index (χ0n) is 11.5. The van der Waals surface area contributed by atoms with Gasteiger partial charge in [-0.15, -0.1) is 0 Å². The van der Waals surface area contributed by atoms with Gasteiger partial charge in [0.1, 0.15) is 12.4 Å². The third kappa shape index (κ3) is 4.49. The molecule has 6 heteroatoms. The molecule has 0 amide bonds. The van der Waals surface area contributed by atoms with Gasteiger partial charge in [-0.2, -0.15) is 0 Å². The Bertz CT molecular complexity index is 501. The van der Waals surface area contributed by atoms with E-state index in [9.17, 15) is 8.42 Å². The highest BCUT2D eigenvalue weighted by atomic mass is 32.2. The van der Waals surface area contributed by atoms with Crippen LogP contribution in [0.3, 0.4) is 0 Å². The topological polar surface area (TPSA) is 78.6 Å². The normalized spacial score (nSPS) is 14.9. The minimum atomic E-state index is -3.20. The van der Waals surface area contributed by atoms with Crippen LogP contribution < -0.4 is 10.5 Å². The molecule has 1 aromatic carbocycles. The maximum Gasteiger partial charge on any atom is 0.151 e. The summed E-state index contributed by atoms with van der Waals surface area (Å²) in [5.41, 5.74) is 6.73. The molecule has 0 saturated heterocycles. The Morgan fingerprint density at radius 3 is 2.47 bits per heavy atom.